The Labute approximate surface area is 130 Å². The molecule has 1 fully saturated rings. The van der Waals surface area contributed by atoms with Crippen molar-refractivity contribution in [3.63, 3.8) is 0 Å². The SMILES string of the molecule is CCNc1ccc(Cl)cc1C(=O)N1CCSC(CC)C1. The molecule has 1 unspecified atom stereocenters. The number of hydrogen-bond donors (Lipinski definition) is 1. The first-order chi connectivity index (χ1) is 9.65. The molecule has 0 aliphatic carbocycles. The number of anilines is 1. The molecule has 0 aromatic heterocycles. The first-order valence-electron chi connectivity index (χ1n) is 7.10. The molecule has 1 heterocycles. The van der Waals surface area contributed by atoms with Crippen LogP contribution in [0, 0.1) is 0 Å². The van der Waals surface area contributed by atoms with Crippen molar-refractivity contribution in [2.45, 2.75) is 25.5 Å². The molecule has 1 saturated heterocycles. The van der Waals surface area contributed by atoms with E-state index >= 15 is 0 Å². The van der Waals surface area contributed by atoms with Gasteiger partial charge in [-0.15, -0.1) is 0 Å². The summed E-state index contributed by atoms with van der Waals surface area (Å²) in [6, 6.07) is 5.47. The zero-order valence-corrected chi connectivity index (χ0v) is 13.6. The van der Waals surface area contributed by atoms with E-state index in [0.717, 1.165) is 37.5 Å². The predicted octanol–water partition coefficient (Wildman–Crippen LogP) is 3.74. The number of halogens is 1. The molecule has 3 nitrogen and oxygen atoms in total. The molecule has 0 spiro atoms. The Balaban J connectivity index is 2.21. The molecule has 2 rings (SSSR count). The quantitative estimate of drug-likeness (QED) is 0.919. The highest BCUT2D eigenvalue weighted by Crippen LogP contribution is 2.26. The van der Waals surface area contributed by atoms with Crippen LogP contribution in [-0.4, -0.2) is 41.4 Å². The molecular weight excluding hydrogens is 292 g/mol. The largest absolute Gasteiger partial charge is 0.385 e. The molecule has 1 aliphatic heterocycles. The third-order valence-corrected chi connectivity index (χ3v) is 5.07. The Hall–Kier alpha value is -0.870. The lowest BCUT2D eigenvalue weighted by Crippen LogP contribution is -2.42. The second-order valence-electron chi connectivity index (χ2n) is 4.87. The van der Waals surface area contributed by atoms with E-state index in [9.17, 15) is 4.79 Å². The smallest absolute Gasteiger partial charge is 0.256 e. The molecule has 5 heteroatoms. The number of carbonyl (C=O) groups is 1. The minimum absolute atomic E-state index is 0.0854. The van der Waals surface area contributed by atoms with E-state index in [1.54, 1.807) is 6.07 Å². The molecule has 0 radical (unpaired) electrons. The van der Waals surface area contributed by atoms with Crippen LogP contribution in [0.25, 0.3) is 0 Å². The van der Waals surface area contributed by atoms with E-state index in [0.29, 0.717) is 15.8 Å². The number of carbonyl (C=O) groups excluding carboxylic acids is 1. The topological polar surface area (TPSA) is 32.3 Å². The van der Waals surface area contributed by atoms with E-state index in [-0.39, 0.29) is 5.91 Å². The second kappa shape index (κ2) is 7.23. The van der Waals surface area contributed by atoms with Crippen molar-refractivity contribution in [2.24, 2.45) is 0 Å². The zero-order valence-electron chi connectivity index (χ0n) is 12.0. The summed E-state index contributed by atoms with van der Waals surface area (Å²) in [4.78, 5) is 14.7. The number of benzene rings is 1. The summed E-state index contributed by atoms with van der Waals surface area (Å²) < 4.78 is 0. The number of nitrogens with zero attached hydrogens (tertiary/aromatic N) is 1. The number of nitrogens with one attached hydrogen (secondary N) is 1. The Bertz CT molecular complexity index is 481. The Morgan fingerprint density at radius 2 is 2.30 bits per heavy atom. The summed E-state index contributed by atoms with van der Waals surface area (Å²) in [6.07, 6.45) is 1.10. The highest BCUT2D eigenvalue weighted by Gasteiger charge is 2.25. The molecule has 1 aliphatic rings. The van der Waals surface area contributed by atoms with E-state index < -0.39 is 0 Å². The summed E-state index contributed by atoms with van der Waals surface area (Å²) in [5, 5.41) is 4.39. The van der Waals surface area contributed by atoms with Crippen LogP contribution in [0.3, 0.4) is 0 Å². The maximum atomic E-state index is 12.7. The zero-order chi connectivity index (χ0) is 14.5. The van der Waals surface area contributed by atoms with Crippen molar-refractivity contribution in [3.05, 3.63) is 28.8 Å². The van der Waals surface area contributed by atoms with Crippen molar-refractivity contribution in [1.82, 2.24) is 4.90 Å². The van der Waals surface area contributed by atoms with Crippen molar-refractivity contribution >= 4 is 35.0 Å². The van der Waals surface area contributed by atoms with E-state index in [4.69, 9.17) is 11.6 Å². The van der Waals surface area contributed by atoms with Gasteiger partial charge in [0.25, 0.3) is 5.91 Å². The van der Waals surface area contributed by atoms with Crippen molar-refractivity contribution in [3.8, 4) is 0 Å². The molecule has 1 N–H and O–H groups in total. The van der Waals surface area contributed by atoms with Gasteiger partial charge < -0.3 is 10.2 Å². The summed E-state index contributed by atoms with van der Waals surface area (Å²) in [7, 11) is 0. The lowest BCUT2D eigenvalue weighted by molar-refractivity contribution is 0.0762. The Morgan fingerprint density at radius 3 is 3.00 bits per heavy atom. The van der Waals surface area contributed by atoms with Gasteiger partial charge in [0.05, 0.1) is 5.56 Å². The minimum atomic E-state index is 0.0854. The summed E-state index contributed by atoms with van der Waals surface area (Å²) in [5.74, 6) is 1.10. The van der Waals surface area contributed by atoms with Crippen LogP contribution >= 0.6 is 23.4 Å². The molecule has 1 aromatic rings. The van der Waals surface area contributed by atoms with Gasteiger partial charge in [-0.25, -0.2) is 0 Å². The first-order valence-corrected chi connectivity index (χ1v) is 8.52. The predicted molar refractivity (Wildman–Crippen MR) is 88.1 cm³/mol. The Kier molecular flexibility index (Phi) is 5.61. The van der Waals surface area contributed by atoms with Gasteiger partial charge in [-0.1, -0.05) is 18.5 Å². The second-order valence-corrected chi connectivity index (χ2v) is 6.72. The van der Waals surface area contributed by atoms with Crippen LogP contribution in [0.2, 0.25) is 5.02 Å². The van der Waals surface area contributed by atoms with Crippen LogP contribution in [0.5, 0.6) is 0 Å². The highest BCUT2D eigenvalue weighted by atomic mass is 35.5. The highest BCUT2D eigenvalue weighted by molar-refractivity contribution is 8.00. The number of thioether (sulfide) groups is 1. The maximum Gasteiger partial charge on any atom is 0.256 e. The molecule has 110 valence electrons. The van der Waals surface area contributed by atoms with Gasteiger partial charge in [-0.3, -0.25) is 4.79 Å². The fourth-order valence-electron chi connectivity index (χ4n) is 2.36. The van der Waals surface area contributed by atoms with E-state index in [1.807, 2.05) is 35.7 Å². The lowest BCUT2D eigenvalue weighted by Gasteiger charge is -2.32. The van der Waals surface area contributed by atoms with Gasteiger partial charge in [-0.05, 0) is 31.5 Å². The van der Waals surface area contributed by atoms with Crippen LogP contribution in [-0.2, 0) is 0 Å². The van der Waals surface area contributed by atoms with Gasteiger partial charge >= 0.3 is 0 Å². The maximum absolute atomic E-state index is 12.7. The molecule has 1 aromatic carbocycles. The van der Waals surface area contributed by atoms with Gasteiger partial charge in [-0.2, -0.15) is 11.8 Å². The summed E-state index contributed by atoms with van der Waals surface area (Å²) >= 11 is 8.01. The minimum Gasteiger partial charge on any atom is -0.385 e. The standard InChI is InChI=1S/C15H21ClN2OS/c1-3-12-10-18(7-8-20-12)15(19)13-9-11(16)5-6-14(13)17-4-2/h5-6,9,12,17H,3-4,7-8,10H2,1-2H3. The molecule has 0 bridgehead atoms. The van der Waals surface area contributed by atoms with Gasteiger partial charge in [0.2, 0.25) is 0 Å². The number of rotatable bonds is 4. The average Bonchev–Trinajstić information content (AvgIpc) is 2.48. The fourth-order valence-corrected chi connectivity index (χ4v) is 3.71. The third kappa shape index (κ3) is 3.61. The van der Waals surface area contributed by atoms with Gasteiger partial charge in [0, 0.05) is 41.3 Å². The van der Waals surface area contributed by atoms with Crippen molar-refractivity contribution in [2.75, 3.05) is 30.7 Å². The van der Waals surface area contributed by atoms with Gasteiger partial charge in [0.1, 0.15) is 0 Å². The van der Waals surface area contributed by atoms with E-state index in [1.165, 1.54) is 0 Å². The number of hydrogen-bond acceptors (Lipinski definition) is 3. The average molecular weight is 313 g/mol. The third-order valence-electron chi connectivity index (χ3n) is 3.46. The molecule has 1 atom stereocenters. The molecular formula is C15H21ClN2OS. The molecule has 0 saturated carbocycles. The first kappa shape index (κ1) is 15.5. The van der Waals surface area contributed by atoms with E-state index in [2.05, 4.69) is 12.2 Å². The molecule has 20 heavy (non-hydrogen) atoms. The van der Waals surface area contributed by atoms with Crippen LogP contribution in [0.4, 0.5) is 5.69 Å². The van der Waals surface area contributed by atoms with Crippen LogP contribution in [0.15, 0.2) is 18.2 Å². The number of amides is 1. The molecule has 1 amide bonds. The lowest BCUT2D eigenvalue weighted by atomic mass is 10.1. The Morgan fingerprint density at radius 1 is 1.50 bits per heavy atom. The van der Waals surface area contributed by atoms with Crippen LogP contribution in [0.1, 0.15) is 30.6 Å². The summed E-state index contributed by atoms with van der Waals surface area (Å²) in [6.45, 7) is 6.63. The van der Waals surface area contributed by atoms with Crippen molar-refractivity contribution < 1.29 is 4.79 Å². The van der Waals surface area contributed by atoms with Crippen LogP contribution < -0.4 is 5.32 Å². The monoisotopic (exact) mass is 312 g/mol. The van der Waals surface area contributed by atoms with Gasteiger partial charge in [0.15, 0.2) is 0 Å². The van der Waals surface area contributed by atoms with Crippen molar-refractivity contribution in [1.29, 1.82) is 0 Å². The fraction of sp³-hybridized carbons (Fsp3) is 0.533. The summed E-state index contributed by atoms with van der Waals surface area (Å²) in [5.41, 5.74) is 1.55. The normalized spacial score (nSPS) is 18.9.